The summed E-state index contributed by atoms with van der Waals surface area (Å²) < 4.78 is 16.5. The molecule has 33 heavy (non-hydrogen) atoms. The van der Waals surface area contributed by atoms with Crippen molar-refractivity contribution in [2.24, 2.45) is 0 Å². The number of nitrogens with zero attached hydrogens (tertiary/aromatic N) is 3. The molecular formula is C24H33Cl2N3O4. The Bertz CT molecular complexity index is 1000. The maximum absolute atomic E-state index is 9.90. The smallest absolute Gasteiger partial charge is 0.176 e. The number of hydrogen-bond donors (Lipinski definition) is 1. The third kappa shape index (κ3) is 6.52. The maximum atomic E-state index is 9.90. The molecule has 1 unspecified atom stereocenters. The Morgan fingerprint density at radius 2 is 1.79 bits per heavy atom. The third-order valence-electron chi connectivity index (χ3n) is 5.96. The Labute approximate surface area is 207 Å². The molecule has 0 saturated carbocycles. The summed E-state index contributed by atoms with van der Waals surface area (Å²) in [4.78, 5) is 9.75. The molecule has 1 N–H and O–H groups in total. The molecule has 1 aromatic carbocycles. The van der Waals surface area contributed by atoms with Crippen LogP contribution in [0.2, 0.25) is 0 Å². The van der Waals surface area contributed by atoms with E-state index < -0.39 is 5.79 Å². The fourth-order valence-corrected chi connectivity index (χ4v) is 3.78. The number of benzene rings is 1. The zero-order valence-electron chi connectivity index (χ0n) is 19.3. The molecule has 9 heteroatoms. The molecule has 1 saturated heterocycles. The predicted molar refractivity (Wildman–Crippen MR) is 136 cm³/mol. The second-order valence-electron chi connectivity index (χ2n) is 8.09. The predicted octanol–water partition coefficient (Wildman–Crippen LogP) is 4.60. The van der Waals surface area contributed by atoms with E-state index in [4.69, 9.17) is 18.9 Å². The molecular weight excluding hydrogens is 465 g/mol. The first-order valence-corrected chi connectivity index (χ1v) is 10.9. The van der Waals surface area contributed by atoms with Crippen molar-refractivity contribution in [1.29, 1.82) is 0 Å². The molecule has 1 aliphatic rings. The van der Waals surface area contributed by atoms with Crippen LogP contribution in [0.4, 0.5) is 5.82 Å². The van der Waals surface area contributed by atoms with Crippen molar-refractivity contribution < 1.29 is 19.0 Å². The summed E-state index contributed by atoms with van der Waals surface area (Å²) in [5.74, 6) is 0.481. The van der Waals surface area contributed by atoms with Gasteiger partial charge in [-0.1, -0.05) is 6.92 Å². The van der Waals surface area contributed by atoms with Gasteiger partial charge in [-0.15, -0.1) is 24.8 Å². The average Bonchev–Trinajstić information content (AvgIpc) is 3.28. The number of aliphatic hydroxyl groups is 1. The van der Waals surface area contributed by atoms with Gasteiger partial charge in [0, 0.05) is 50.7 Å². The van der Waals surface area contributed by atoms with Crippen LogP contribution in [0.1, 0.15) is 20.3 Å². The highest BCUT2D eigenvalue weighted by Gasteiger charge is 2.22. The highest BCUT2D eigenvalue weighted by molar-refractivity contribution is 5.90. The van der Waals surface area contributed by atoms with Gasteiger partial charge in [0.05, 0.1) is 18.6 Å². The van der Waals surface area contributed by atoms with E-state index in [0.29, 0.717) is 13.0 Å². The number of ether oxygens (including phenoxy) is 2. The minimum absolute atomic E-state index is 0. The van der Waals surface area contributed by atoms with Crippen LogP contribution in [0.5, 0.6) is 5.75 Å². The molecule has 0 radical (unpaired) electrons. The molecule has 7 nitrogen and oxygen atoms in total. The molecule has 1 aliphatic heterocycles. The van der Waals surface area contributed by atoms with Crippen LogP contribution in [-0.2, 0) is 4.74 Å². The number of halogens is 2. The number of pyridine rings is 1. The molecule has 3 heterocycles. The van der Waals surface area contributed by atoms with Crippen molar-refractivity contribution in [2.75, 3.05) is 51.3 Å². The zero-order chi connectivity index (χ0) is 21.8. The monoisotopic (exact) mass is 497 g/mol. The van der Waals surface area contributed by atoms with E-state index in [9.17, 15) is 5.11 Å². The van der Waals surface area contributed by atoms with Gasteiger partial charge in [0.2, 0.25) is 0 Å². The molecule has 0 spiro atoms. The molecule has 0 amide bonds. The molecule has 1 atom stereocenters. The molecule has 3 aromatic rings. The Kier molecular flexibility index (Phi) is 9.82. The Balaban J connectivity index is 0.00000193. The highest BCUT2D eigenvalue weighted by Crippen LogP contribution is 2.32. The minimum atomic E-state index is -1.18. The first-order chi connectivity index (χ1) is 15.0. The van der Waals surface area contributed by atoms with Gasteiger partial charge in [0.25, 0.3) is 0 Å². The van der Waals surface area contributed by atoms with E-state index in [2.05, 4.69) is 22.8 Å². The van der Waals surface area contributed by atoms with E-state index in [1.807, 2.05) is 30.3 Å². The summed E-state index contributed by atoms with van der Waals surface area (Å²) >= 11 is 0. The molecule has 1 fully saturated rings. The summed E-state index contributed by atoms with van der Waals surface area (Å²) in [5.41, 5.74) is 2.78. The Hall–Kier alpha value is -2.03. The van der Waals surface area contributed by atoms with Gasteiger partial charge < -0.3 is 28.8 Å². The van der Waals surface area contributed by atoms with Gasteiger partial charge in [-0.3, -0.25) is 0 Å². The van der Waals surface area contributed by atoms with Crippen LogP contribution in [0, 0.1) is 0 Å². The minimum Gasteiger partial charge on any atom is -0.493 e. The number of fused-ring (bicyclic) bond motifs is 1. The number of furan rings is 1. The number of anilines is 1. The Morgan fingerprint density at radius 3 is 2.42 bits per heavy atom. The SMILES string of the molecule is CCN1CCN(c2nc(-c3ccc(OCCC(C)(O)OC)cc3)cc3ccoc23)CC1.Cl.Cl. The quantitative estimate of drug-likeness (QED) is 0.455. The van der Waals surface area contributed by atoms with E-state index >= 15 is 0 Å². The van der Waals surface area contributed by atoms with Crippen LogP contribution < -0.4 is 9.64 Å². The summed E-state index contributed by atoms with van der Waals surface area (Å²) in [7, 11) is 1.48. The van der Waals surface area contributed by atoms with Crippen molar-refractivity contribution in [3.8, 4) is 17.0 Å². The van der Waals surface area contributed by atoms with Crippen LogP contribution in [0.15, 0.2) is 47.1 Å². The largest absolute Gasteiger partial charge is 0.493 e. The first-order valence-electron chi connectivity index (χ1n) is 10.9. The fraction of sp³-hybridized carbons (Fsp3) is 0.458. The third-order valence-corrected chi connectivity index (χ3v) is 5.96. The van der Waals surface area contributed by atoms with Gasteiger partial charge in [0.15, 0.2) is 17.2 Å². The van der Waals surface area contributed by atoms with Crippen molar-refractivity contribution in [2.45, 2.75) is 26.1 Å². The van der Waals surface area contributed by atoms with Gasteiger partial charge in [-0.05, 0) is 49.9 Å². The number of rotatable bonds is 8. The van der Waals surface area contributed by atoms with Crippen molar-refractivity contribution in [1.82, 2.24) is 9.88 Å². The summed E-state index contributed by atoms with van der Waals surface area (Å²) in [5, 5.41) is 11.0. The number of piperazine rings is 1. The summed E-state index contributed by atoms with van der Waals surface area (Å²) in [6.45, 7) is 9.22. The number of aromatic nitrogens is 1. The normalized spacial score (nSPS) is 16.1. The zero-order valence-corrected chi connectivity index (χ0v) is 21.0. The van der Waals surface area contributed by atoms with Gasteiger partial charge in [0.1, 0.15) is 5.75 Å². The van der Waals surface area contributed by atoms with E-state index in [0.717, 1.165) is 66.5 Å². The average molecular weight is 498 g/mol. The lowest BCUT2D eigenvalue weighted by Crippen LogP contribution is -2.46. The number of likely N-dealkylation sites (N-methyl/N-ethyl adjacent to an activating group) is 1. The molecule has 0 aliphatic carbocycles. The van der Waals surface area contributed by atoms with Crippen molar-refractivity contribution in [3.63, 3.8) is 0 Å². The van der Waals surface area contributed by atoms with Crippen LogP contribution >= 0.6 is 24.8 Å². The molecule has 4 rings (SSSR count). The van der Waals surface area contributed by atoms with Crippen molar-refractivity contribution in [3.05, 3.63) is 42.7 Å². The number of methoxy groups -OCH3 is 1. The van der Waals surface area contributed by atoms with Gasteiger partial charge >= 0.3 is 0 Å². The summed E-state index contributed by atoms with van der Waals surface area (Å²) in [6, 6.07) is 11.9. The number of hydrogen-bond acceptors (Lipinski definition) is 7. The molecule has 2 aromatic heterocycles. The molecule has 0 bridgehead atoms. The Morgan fingerprint density at radius 1 is 1.09 bits per heavy atom. The highest BCUT2D eigenvalue weighted by atomic mass is 35.5. The van der Waals surface area contributed by atoms with Crippen LogP contribution in [0.3, 0.4) is 0 Å². The van der Waals surface area contributed by atoms with Crippen LogP contribution in [-0.4, -0.2) is 67.2 Å². The first kappa shape index (κ1) is 27.2. The fourth-order valence-electron chi connectivity index (χ4n) is 3.78. The van der Waals surface area contributed by atoms with Gasteiger partial charge in [-0.2, -0.15) is 0 Å². The van der Waals surface area contributed by atoms with E-state index in [1.165, 1.54) is 7.11 Å². The van der Waals surface area contributed by atoms with Crippen molar-refractivity contribution >= 4 is 41.6 Å². The maximum Gasteiger partial charge on any atom is 0.176 e. The second kappa shape index (κ2) is 11.9. The lowest BCUT2D eigenvalue weighted by Gasteiger charge is -2.34. The summed E-state index contributed by atoms with van der Waals surface area (Å²) in [6.07, 6.45) is 2.12. The topological polar surface area (TPSA) is 71.2 Å². The molecule has 182 valence electrons. The van der Waals surface area contributed by atoms with E-state index in [1.54, 1.807) is 13.2 Å². The standard InChI is InChI=1S/C24H31N3O4.2ClH/c1-4-26-11-13-27(14-12-26)23-22-19(9-15-31-22)17-21(25-23)18-5-7-20(8-6-18)30-16-10-24(2,28)29-3;;/h5-9,15,17,28H,4,10-14,16H2,1-3H3;2*1H. The van der Waals surface area contributed by atoms with Gasteiger partial charge in [-0.25, -0.2) is 4.98 Å². The van der Waals surface area contributed by atoms with E-state index in [-0.39, 0.29) is 24.8 Å². The lowest BCUT2D eigenvalue weighted by atomic mass is 10.1. The second-order valence-corrected chi connectivity index (χ2v) is 8.09. The van der Waals surface area contributed by atoms with Crippen LogP contribution in [0.25, 0.3) is 22.2 Å². The lowest BCUT2D eigenvalue weighted by molar-refractivity contribution is -0.178.